The molecule has 7 heteroatoms. The van der Waals surface area contributed by atoms with E-state index in [1.807, 2.05) is 24.3 Å². The topological polar surface area (TPSA) is 88.3 Å². The third-order valence-electron chi connectivity index (χ3n) is 3.88. The van der Waals surface area contributed by atoms with Gasteiger partial charge in [0.25, 0.3) is 5.91 Å². The number of aryl methyl sites for hydroxylation is 1. The van der Waals surface area contributed by atoms with Crippen molar-refractivity contribution in [1.82, 2.24) is 15.5 Å². The fourth-order valence-electron chi connectivity index (χ4n) is 2.53. The molecule has 2 aromatic heterocycles. The van der Waals surface area contributed by atoms with E-state index in [2.05, 4.69) is 15.5 Å². The molecule has 0 saturated carbocycles. The summed E-state index contributed by atoms with van der Waals surface area (Å²) in [6.45, 7) is 1.33. The maximum Gasteiger partial charge on any atom is 0.274 e. The number of halogens is 1. The third-order valence-corrected chi connectivity index (χ3v) is 4.13. The number of hydrogen-bond acceptors (Lipinski definition) is 5. The monoisotopic (exact) mass is 357 g/mol. The van der Waals surface area contributed by atoms with Gasteiger partial charge in [-0.3, -0.25) is 9.78 Å². The predicted octanol–water partition coefficient (Wildman–Crippen LogP) is 3.04. The molecule has 2 heterocycles. The zero-order valence-corrected chi connectivity index (χ0v) is 14.2. The summed E-state index contributed by atoms with van der Waals surface area (Å²) in [5.74, 6) is -0.0164. The van der Waals surface area contributed by atoms with E-state index in [-0.39, 0.29) is 12.3 Å². The van der Waals surface area contributed by atoms with Gasteiger partial charge in [-0.15, -0.1) is 0 Å². The third kappa shape index (κ3) is 3.70. The number of pyridine rings is 1. The van der Waals surface area contributed by atoms with E-state index in [9.17, 15) is 9.90 Å². The number of aliphatic hydroxyl groups excluding tert-OH is 1. The van der Waals surface area contributed by atoms with Gasteiger partial charge in [-0.05, 0) is 42.3 Å². The molecule has 1 aromatic carbocycles. The number of aromatic nitrogens is 2. The molecular formula is C18H16ClN3O3. The molecular weight excluding hydrogens is 342 g/mol. The van der Waals surface area contributed by atoms with Gasteiger partial charge in [0, 0.05) is 17.4 Å². The number of nitrogens with zero attached hydrogens (tertiary/aromatic N) is 2. The molecule has 0 aliphatic rings. The molecule has 3 rings (SSSR count). The van der Waals surface area contributed by atoms with Crippen molar-refractivity contribution in [3.8, 4) is 0 Å². The number of amides is 1. The zero-order chi connectivity index (χ0) is 17.8. The van der Waals surface area contributed by atoms with Crippen molar-refractivity contribution in [3.05, 3.63) is 82.0 Å². The Labute approximate surface area is 149 Å². The molecule has 1 amide bonds. The van der Waals surface area contributed by atoms with E-state index < -0.39 is 11.9 Å². The van der Waals surface area contributed by atoms with Crippen LogP contribution in [0.5, 0.6) is 0 Å². The summed E-state index contributed by atoms with van der Waals surface area (Å²) in [6, 6.07) is 10.4. The molecule has 3 aromatic rings. The number of hydrogen-bond donors (Lipinski definition) is 2. The van der Waals surface area contributed by atoms with Gasteiger partial charge in [-0.1, -0.05) is 28.9 Å². The fraction of sp³-hybridized carbons (Fsp3) is 0.167. The van der Waals surface area contributed by atoms with E-state index >= 15 is 0 Å². The number of carbonyl (C=O) groups excluding carboxylic acids is 1. The van der Waals surface area contributed by atoms with Crippen LogP contribution in [0, 0.1) is 6.92 Å². The van der Waals surface area contributed by atoms with E-state index in [4.69, 9.17) is 16.1 Å². The highest BCUT2D eigenvalue weighted by Gasteiger charge is 2.23. The van der Waals surface area contributed by atoms with Gasteiger partial charge in [0.15, 0.2) is 5.69 Å². The number of aliphatic hydroxyl groups is 1. The second-order valence-electron chi connectivity index (χ2n) is 5.46. The molecule has 0 spiro atoms. The largest absolute Gasteiger partial charge is 0.391 e. The van der Waals surface area contributed by atoms with Crippen molar-refractivity contribution >= 4 is 17.5 Å². The van der Waals surface area contributed by atoms with Crippen LogP contribution in [0.25, 0.3) is 0 Å². The molecule has 2 N–H and O–H groups in total. The Bertz CT molecular complexity index is 863. The van der Waals surface area contributed by atoms with Crippen LogP contribution >= 0.6 is 11.6 Å². The highest BCUT2D eigenvalue weighted by atomic mass is 35.5. The lowest BCUT2D eigenvalue weighted by Gasteiger charge is -2.19. The predicted molar refractivity (Wildman–Crippen MR) is 92.2 cm³/mol. The molecule has 0 fully saturated rings. The van der Waals surface area contributed by atoms with E-state index in [1.165, 1.54) is 0 Å². The van der Waals surface area contributed by atoms with Gasteiger partial charge in [-0.2, -0.15) is 0 Å². The summed E-state index contributed by atoms with van der Waals surface area (Å²) in [5, 5.41) is 16.7. The highest BCUT2D eigenvalue weighted by molar-refractivity contribution is 6.30. The smallest absolute Gasteiger partial charge is 0.274 e. The number of carbonyl (C=O) groups is 1. The quantitative estimate of drug-likeness (QED) is 0.732. The Morgan fingerprint density at radius 1 is 1.20 bits per heavy atom. The molecule has 0 unspecified atom stereocenters. The molecule has 0 aliphatic heterocycles. The average molecular weight is 358 g/mol. The Morgan fingerprint density at radius 2 is 1.84 bits per heavy atom. The van der Waals surface area contributed by atoms with Crippen molar-refractivity contribution in [3.63, 3.8) is 0 Å². The molecule has 0 bridgehead atoms. The van der Waals surface area contributed by atoms with Crippen molar-refractivity contribution < 1.29 is 14.4 Å². The summed E-state index contributed by atoms with van der Waals surface area (Å²) < 4.78 is 5.02. The Morgan fingerprint density at radius 3 is 2.48 bits per heavy atom. The molecule has 1 atom stereocenters. The van der Waals surface area contributed by atoms with Crippen molar-refractivity contribution in [1.29, 1.82) is 0 Å². The summed E-state index contributed by atoms with van der Waals surface area (Å²) in [5.41, 5.74) is 2.17. The first-order valence-electron chi connectivity index (χ1n) is 7.62. The lowest BCUT2D eigenvalue weighted by molar-refractivity contribution is 0.0931. The van der Waals surface area contributed by atoms with Crippen LogP contribution in [0.1, 0.15) is 39.0 Å². The summed E-state index contributed by atoms with van der Waals surface area (Å²) in [4.78, 5) is 16.7. The SMILES string of the molecule is Cc1onc(C(=O)N[C@@H](c2ccncc2)c2ccc(Cl)cc2)c1CO. The molecule has 6 nitrogen and oxygen atoms in total. The first-order valence-corrected chi connectivity index (χ1v) is 8.00. The minimum absolute atomic E-state index is 0.0769. The van der Waals surface area contributed by atoms with E-state index in [1.54, 1.807) is 31.5 Å². The second kappa shape index (κ2) is 7.46. The summed E-state index contributed by atoms with van der Waals surface area (Å²) >= 11 is 5.96. The van der Waals surface area contributed by atoms with Gasteiger partial charge < -0.3 is 14.9 Å². The van der Waals surface area contributed by atoms with Crippen molar-refractivity contribution in [2.45, 2.75) is 19.6 Å². The minimum Gasteiger partial charge on any atom is -0.391 e. The standard InChI is InChI=1S/C18H16ClN3O3/c1-11-15(10-23)17(22-25-11)18(24)21-16(13-6-8-20-9-7-13)12-2-4-14(19)5-3-12/h2-9,16,23H,10H2,1H3,(H,21,24)/t16-/m1/s1. The normalized spacial score (nSPS) is 12.0. The maximum atomic E-state index is 12.7. The van der Waals surface area contributed by atoms with E-state index in [0.29, 0.717) is 16.3 Å². The van der Waals surface area contributed by atoms with Crippen LogP contribution in [0.15, 0.2) is 53.3 Å². The van der Waals surface area contributed by atoms with Crippen LogP contribution in [0.2, 0.25) is 5.02 Å². The van der Waals surface area contributed by atoms with Crippen LogP contribution in [-0.4, -0.2) is 21.2 Å². The Kier molecular flexibility index (Phi) is 5.11. The van der Waals surface area contributed by atoms with Gasteiger partial charge in [0.2, 0.25) is 0 Å². The lowest BCUT2D eigenvalue weighted by atomic mass is 9.99. The molecule has 25 heavy (non-hydrogen) atoms. The van der Waals surface area contributed by atoms with Crippen LogP contribution < -0.4 is 5.32 Å². The van der Waals surface area contributed by atoms with Crippen LogP contribution in [-0.2, 0) is 6.61 Å². The zero-order valence-electron chi connectivity index (χ0n) is 13.4. The molecule has 0 radical (unpaired) electrons. The van der Waals surface area contributed by atoms with Gasteiger partial charge in [-0.25, -0.2) is 0 Å². The first-order chi connectivity index (χ1) is 12.1. The molecule has 0 saturated heterocycles. The maximum absolute atomic E-state index is 12.7. The fourth-order valence-corrected chi connectivity index (χ4v) is 2.65. The van der Waals surface area contributed by atoms with E-state index in [0.717, 1.165) is 11.1 Å². The van der Waals surface area contributed by atoms with Crippen LogP contribution in [0.3, 0.4) is 0 Å². The lowest BCUT2D eigenvalue weighted by Crippen LogP contribution is -2.30. The summed E-state index contributed by atoms with van der Waals surface area (Å²) in [7, 11) is 0. The summed E-state index contributed by atoms with van der Waals surface area (Å²) in [6.07, 6.45) is 3.31. The van der Waals surface area contributed by atoms with Gasteiger partial charge in [0.1, 0.15) is 5.76 Å². The minimum atomic E-state index is -0.433. The second-order valence-corrected chi connectivity index (χ2v) is 5.90. The average Bonchev–Trinajstić information content (AvgIpc) is 3.02. The van der Waals surface area contributed by atoms with Crippen molar-refractivity contribution in [2.24, 2.45) is 0 Å². The number of rotatable bonds is 5. The number of nitrogens with one attached hydrogen (secondary N) is 1. The van der Waals surface area contributed by atoms with Gasteiger partial charge in [0.05, 0.1) is 18.2 Å². The molecule has 128 valence electrons. The van der Waals surface area contributed by atoms with Crippen LogP contribution in [0.4, 0.5) is 0 Å². The number of benzene rings is 1. The van der Waals surface area contributed by atoms with Crippen molar-refractivity contribution in [2.75, 3.05) is 0 Å². The Hall–Kier alpha value is -2.70. The Balaban J connectivity index is 1.95. The highest BCUT2D eigenvalue weighted by Crippen LogP contribution is 2.24. The molecule has 0 aliphatic carbocycles. The first kappa shape index (κ1) is 17.1. The van der Waals surface area contributed by atoms with Gasteiger partial charge >= 0.3 is 0 Å².